The van der Waals surface area contributed by atoms with Crippen LogP contribution < -0.4 is 9.47 Å². The SMILES string of the molecule is O=C(O)c1cc(-c2ccc(C(F)(F)F)c3c2OCCCO3)no1. The summed E-state index contributed by atoms with van der Waals surface area (Å²) < 4.78 is 54.5. The smallest absolute Gasteiger partial charge is 0.420 e. The van der Waals surface area contributed by atoms with Gasteiger partial charge in [0.25, 0.3) is 0 Å². The fourth-order valence-corrected chi connectivity index (χ4v) is 2.18. The number of fused-ring (bicyclic) bond motifs is 1. The molecule has 0 radical (unpaired) electrons. The lowest BCUT2D eigenvalue weighted by Gasteiger charge is -2.16. The minimum atomic E-state index is -4.60. The van der Waals surface area contributed by atoms with Crippen LogP contribution in [-0.4, -0.2) is 29.4 Å². The molecule has 0 spiro atoms. The summed E-state index contributed by atoms with van der Waals surface area (Å²) in [5, 5.41) is 12.4. The molecule has 122 valence electrons. The highest BCUT2D eigenvalue weighted by Crippen LogP contribution is 2.47. The van der Waals surface area contributed by atoms with Gasteiger partial charge in [0.2, 0.25) is 5.76 Å². The number of benzene rings is 1. The average Bonchev–Trinajstić information content (AvgIpc) is 2.84. The first kappa shape index (κ1) is 15.2. The fourth-order valence-electron chi connectivity index (χ4n) is 2.18. The van der Waals surface area contributed by atoms with Crippen molar-refractivity contribution < 1.29 is 37.1 Å². The maximum Gasteiger partial charge on any atom is 0.420 e. The molecule has 9 heteroatoms. The van der Waals surface area contributed by atoms with Gasteiger partial charge >= 0.3 is 12.1 Å². The predicted molar refractivity (Wildman–Crippen MR) is 69.5 cm³/mol. The normalized spacial score (nSPS) is 14.4. The van der Waals surface area contributed by atoms with Crippen LogP contribution in [0, 0.1) is 0 Å². The number of alkyl halides is 3. The Labute approximate surface area is 127 Å². The number of hydrogen-bond acceptors (Lipinski definition) is 5. The van der Waals surface area contributed by atoms with Crippen molar-refractivity contribution in [1.29, 1.82) is 0 Å². The van der Waals surface area contributed by atoms with Crippen LogP contribution in [0.4, 0.5) is 13.2 Å². The van der Waals surface area contributed by atoms with Gasteiger partial charge in [-0.2, -0.15) is 13.2 Å². The largest absolute Gasteiger partial charge is 0.489 e. The van der Waals surface area contributed by atoms with E-state index < -0.39 is 29.2 Å². The molecule has 1 N–H and O–H groups in total. The molecule has 0 saturated carbocycles. The first-order valence-corrected chi connectivity index (χ1v) is 6.58. The third-order valence-corrected chi connectivity index (χ3v) is 3.20. The van der Waals surface area contributed by atoms with E-state index in [1.54, 1.807) is 0 Å². The third-order valence-electron chi connectivity index (χ3n) is 3.20. The van der Waals surface area contributed by atoms with Gasteiger partial charge in [-0.05, 0) is 12.1 Å². The van der Waals surface area contributed by atoms with Gasteiger partial charge in [-0.3, -0.25) is 0 Å². The molecule has 2 heterocycles. The second-order valence-electron chi connectivity index (χ2n) is 4.75. The number of carboxylic acids is 1. The quantitative estimate of drug-likeness (QED) is 0.911. The van der Waals surface area contributed by atoms with E-state index in [1.165, 1.54) is 0 Å². The Bertz CT molecular complexity index is 753. The third kappa shape index (κ3) is 2.81. The number of halogens is 3. The molecule has 6 nitrogen and oxygen atoms in total. The molecule has 0 saturated heterocycles. The second kappa shape index (κ2) is 5.49. The zero-order chi connectivity index (χ0) is 16.6. The number of rotatable bonds is 2. The van der Waals surface area contributed by atoms with E-state index >= 15 is 0 Å². The molecule has 0 unspecified atom stereocenters. The van der Waals surface area contributed by atoms with Gasteiger partial charge < -0.3 is 19.1 Å². The second-order valence-corrected chi connectivity index (χ2v) is 4.75. The summed E-state index contributed by atoms with van der Waals surface area (Å²) in [6.45, 7) is 0.254. The summed E-state index contributed by atoms with van der Waals surface area (Å²) in [4.78, 5) is 10.8. The van der Waals surface area contributed by atoms with E-state index in [-0.39, 0.29) is 30.2 Å². The highest BCUT2D eigenvalue weighted by atomic mass is 19.4. The zero-order valence-corrected chi connectivity index (χ0v) is 11.5. The number of ether oxygens (including phenoxy) is 2. The van der Waals surface area contributed by atoms with Gasteiger partial charge in [-0.15, -0.1) is 0 Å². The average molecular weight is 329 g/mol. The van der Waals surface area contributed by atoms with Gasteiger partial charge in [0.05, 0.1) is 13.2 Å². The van der Waals surface area contributed by atoms with Crippen LogP contribution in [0.5, 0.6) is 11.5 Å². The summed E-state index contributed by atoms with van der Waals surface area (Å²) in [6, 6.07) is 3.11. The molecule has 0 aliphatic carbocycles. The lowest BCUT2D eigenvalue weighted by Crippen LogP contribution is -2.09. The molecule has 1 aliphatic rings. The van der Waals surface area contributed by atoms with Crippen molar-refractivity contribution in [3.63, 3.8) is 0 Å². The van der Waals surface area contributed by atoms with Crippen LogP contribution in [0.1, 0.15) is 22.5 Å². The Morgan fingerprint density at radius 3 is 2.48 bits per heavy atom. The Hall–Kier alpha value is -2.71. The Morgan fingerprint density at radius 2 is 1.87 bits per heavy atom. The van der Waals surface area contributed by atoms with Gasteiger partial charge in [-0.1, -0.05) is 5.16 Å². The van der Waals surface area contributed by atoms with Crippen LogP contribution >= 0.6 is 0 Å². The van der Waals surface area contributed by atoms with E-state index in [2.05, 4.69) is 9.68 Å². The summed E-state index contributed by atoms with van der Waals surface area (Å²) in [5.74, 6) is -2.31. The number of nitrogens with zero attached hydrogens (tertiary/aromatic N) is 1. The van der Waals surface area contributed by atoms with Gasteiger partial charge in [0.15, 0.2) is 11.5 Å². The van der Waals surface area contributed by atoms with Gasteiger partial charge in [0.1, 0.15) is 11.3 Å². The van der Waals surface area contributed by atoms with Crippen LogP contribution in [-0.2, 0) is 6.18 Å². The standard InChI is InChI=1S/C14H10F3NO5/c15-14(16,17)8-3-2-7(9-6-10(13(19)20)23-18-9)11-12(8)22-5-1-4-21-11/h2-3,6H,1,4-5H2,(H,19,20). The van der Waals surface area contributed by atoms with E-state index in [4.69, 9.17) is 14.6 Å². The maximum absolute atomic E-state index is 13.1. The van der Waals surface area contributed by atoms with E-state index in [1.807, 2.05) is 0 Å². The number of aromatic nitrogens is 1. The van der Waals surface area contributed by atoms with Crippen molar-refractivity contribution in [3.05, 3.63) is 29.5 Å². The summed E-state index contributed by atoms with van der Waals surface area (Å²) in [5.41, 5.74) is -0.732. The zero-order valence-electron chi connectivity index (χ0n) is 11.5. The van der Waals surface area contributed by atoms with E-state index in [0.717, 1.165) is 18.2 Å². The van der Waals surface area contributed by atoms with E-state index in [9.17, 15) is 18.0 Å². The molecule has 0 fully saturated rings. The van der Waals surface area contributed by atoms with Crippen molar-refractivity contribution in [1.82, 2.24) is 5.16 Å². The van der Waals surface area contributed by atoms with Crippen molar-refractivity contribution in [3.8, 4) is 22.8 Å². The minimum Gasteiger partial charge on any atom is -0.489 e. The molecular formula is C14H10F3NO5. The van der Waals surface area contributed by atoms with Crippen molar-refractivity contribution >= 4 is 5.97 Å². The Morgan fingerprint density at radius 1 is 1.17 bits per heavy atom. The molecule has 1 aromatic carbocycles. The lowest BCUT2D eigenvalue weighted by molar-refractivity contribution is -0.139. The molecular weight excluding hydrogens is 319 g/mol. The highest BCUT2D eigenvalue weighted by molar-refractivity contribution is 5.86. The molecule has 1 aliphatic heterocycles. The van der Waals surface area contributed by atoms with Crippen LogP contribution in [0.3, 0.4) is 0 Å². The first-order valence-electron chi connectivity index (χ1n) is 6.58. The van der Waals surface area contributed by atoms with Gasteiger partial charge in [-0.25, -0.2) is 4.79 Å². The van der Waals surface area contributed by atoms with Crippen LogP contribution in [0.2, 0.25) is 0 Å². The molecule has 3 rings (SSSR count). The Kier molecular flexibility index (Phi) is 3.63. The molecule has 0 atom stereocenters. The first-order chi connectivity index (χ1) is 10.9. The predicted octanol–water partition coefficient (Wildman–Crippen LogP) is 3.22. The molecule has 0 bridgehead atoms. The maximum atomic E-state index is 13.1. The van der Waals surface area contributed by atoms with Gasteiger partial charge in [0, 0.05) is 18.1 Å². The monoisotopic (exact) mass is 329 g/mol. The van der Waals surface area contributed by atoms with Crippen LogP contribution in [0.25, 0.3) is 11.3 Å². The summed E-state index contributed by atoms with van der Waals surface area (Å²) in [6.07, 6.45) is -4.18. The number of hydrogen-bond donors (Lipinski definition) is 1. The summed E-state index contributed by atoms with van der Waals surface area (Å²) in [7, 11) is 0. The number of aromatic carboxylic acids is 1. The Balaban J connectivity index is 2.16. The number of carboxylic acid groups (broad SMARTS) is 1. The molecule has 23 heavy (non-hydrogen) atoms. The number of carbonyl (C=O) groups is 1. The fraction of sp³-hybridized carbons (Fsp3) is 0.286. The van der Waals surface area contributed by atoms with Crippen LogP contribution in [0.15, 0.2) is 22.7 Å². The topological polar surface area (TPSA) is 81.8 Å². The van der Waals surface area contributed by atoms with Crippen molar-refractivity contribution in [2.24, 2.45) is 0 Å². The van der Waals surface area contributed by atoms with Crippen molar-refractivity contribution in [2.45, 2.75) is 12.6 Å². The van der Waals surface area contributed by atoms with E-state index in [0.29, 0.717) is 6.42 Å². The molecule has 1 aromatic heterocycles. The minimum absolute atomic E-state index is 0.0536. The molecule has 0 amide bonds. The highest BCUT2D eigenvalue weighted by Gasteiger charge is 2.37. The lowest BCUT2D eigenvalue weighted by atomic mass is 10.1. The molecule has 2 aromatic rings. The van der Waals surface area contributed by atoms with Crippen molar-refractivity contribution in [2.75, 3.05) is 13.2 Å². The summed E-state index contributed by atoms with van der Waals surface area (Å²) >= 11 is 0.